The van der Waals surface area contributed by atoms with Crippen molar-refractivity contribution in [1.29, 1.82) is 0 Å². The summed E-state index contributed by atoms with van der Waals surface area (Å²) in [6.07, 6.45) is -3.66. The molecule has 0 radical (unpaired) electrons. The first-order valence-electron chi connectivity index (χ1n) is 10.8. The van der Waals surface area contributed by atoms with Crippen LogP contribution in [0.25, 0.3) is 0 Å². The van der Waals surface area contributed by atoms with Gasteiger partial charge >= 0.3 is 6.18 Å². The number of hydrogen-bond acceptors (Lipinski definition) is 3. The number of ether oxygens (including phenoxy) is 1. The molecule has 1 fully saturated rings. The Morgan fingerprint density at radius 2 is 1.88 bits per heavy atom. The van der Waals surface area contributed by atoms with E-state index in [9.17, 15) is 22.4 Å². The van der Waals surface area contributed by atoms with Gasteiger partial charge in [0.05, 0.1) is 11.6 Å². The molecule has 4 rings (SSSR count). The van der Waals surface area contributed by atoms with Gasteiger partial charge in [-0.2, -0.15) is 13.2 Å². The van der Waals surface area contributed by atoms with Crippen LogP contribution in [0.1, 0.15) is 55.4 Å². The predicted octanol–water partition coefficient (Wildman–Crippen LogP) is 4.56. The fourth-order valence-electron chi connectivity index (χ4n) is 4.85. The van der Waals surface area contributed by atoms with Gasteiger partial charge in [-0.15, -0.1) is 0 Å². The Labute approximate surface area is 184 Å². The largest absolute Gasteiger partial charge is 0.488 e. The van der Waals surface area contributed by atoms with E-state index in [1.165, 1.54) is 22.8 Å². The fourth-order valence-corrected chi connectivity index (χ4v) is 4.85. The lowest BCUT2D eigenvalue weighted by molar-refractivity contribution is -0.144. The molecule has 2 aliphatic rings. The van der Waals surface area contributed by atoms with Gasteiger partial charge in [0.1, 0.15) is 5.69 Å². The highest BCUT2D eigenvalue weighted by molar-refractivity contribution is 5.94. The Hall–Kier alpha value is -2.55. The van der Waals surface area contributed by atoms with E-state index in [1.807, 2.05) is 6.92 Å². The van der Waals surface area contributed by atoms with Gasteiger partial charge in [-0.3, -0.25) is 4.79 Å². The average Bonchev–Trinajstić information content (AvgIpc) is 3.14. The van der Waals surface area contributed by atoms with Crippen LogP contribution in [0.15, 0.2) is 30.3 Å². The highest BCUT2D eigenvalue weighted by atomic mass is 19.4. The van der Waals surface area contributed by atoms with E-state index in [0.717, 1.165) is 6.07 Å². The smallest absolute Gasteiger partial charge is 0.431 e. The molecule has 1 saturated heterocycles. The lowest BCUT2D eigenvalue weighted by atomic mass is 9.82. The third-order valence-corrected chi connectivity index (χ3v) is 6.19. The number of carbonyl (C=O) groups excluding carboxylic acids is 1. The molecule has 1 aromatic heterocycles. The Morgan fingerprint density at radius 3 is 2.47 bits per heavy atom. The van der Waals surface area contributed by atoms with Crippen molar-refractivity contribution < 1.29 is 27.1 Å². The van der Waals surface area contributed by atoms with E-state index >= 15 is 0 Å². The number of rotatable bonds is 3. The molecule has 1 aromatic carbocycles. The zero-order valence-corrected chi connectivity index (χ0v) is 18.3. The first-order chi connectivity index (χ1) is 15.0. The summed E-state index contributed by atoms with van der Waals surface area (Å²) < 4.78 is 61.4. The standard InChI is InChI=1S/C23H27F4N3O2/c1-14(2)32-18-5-4-16(12-17(18)24)21(31)29-10-8-22(9-11-29)19-6-7-20(23(25,26)27)30(19)13-15(3)28-22/h4-7,12,14-15,28H,8-11,13H2,1-3H3/t15-/m1/s1. The van der Waals surface area contributed by atoms with E-state index < -0.39 is 23.2 Å². The van der Waals surface area contributed by atoms with Crippen molar-refractivity contribution in [3.63, 3.8) is 0 Å². The molecule has 0 saturated carbocycles. The van der Waals surface area contributed by atoms with Crippen LogP contribution in [-0.4, -0.2) is 40.6 Å². The Bertz CT molecular complexity index is 1010. The minimum Gasteiger partial charge on any atom is -0.488 e. The third kappa shape index (κ3) is 4.10. The van der Waals surface area contributed by atoms with Gasteiger partial charge < -0.3 is 19.5 Å². The van der Waals surface area contributed by atoms with E-state index in [4.69, 9.17) is 4.74 Å². The second-order valence-electron chi connectivity index (χ2n) is 8.94. The van der Waals surface area contributed by atoms with Gasteiger partial charge in [0.25, 0.3) is 5.91 Å². The normalized spacial score (nSPS) is 20.5. The number of nitrogens with one attached hydrogen (secondary N) is 1. The van der Waals surface area contributed by atoms with Gasteiger partial charge in [0.15, 0.2) is 11.6 Å². The maximum absolute atomic E-state index is 14.3. The van der Waals surface area contributed by atoms with Crippen LogP contribution in [0.2, 0.25) is 0 Å². The first kappa shape index (κ1) is 22.6. The number of hydrogen-bond donors (Lipinski definition) is 1. The van der Waals surface area contributed by atoms with Crippen LogP contribution in [0.3, 0.4) is 0 Å². The Kier molecular flexibility index (Phi) is 5.73. The number of fused-ring (bicyclic) bond motifs is 2. The highest BCUT2D eigenvalue weighted by Gasteiger charge is 2.46. The van der Waals surface area contributed by atoms with Gasteiger partial charge in [-0.1, -0.05) is 0 Å². The molecular formula is C23H27F4N3O2. The van der Waals surface area contributed by atoms with Gasteiger partial charge in [0.2, 0.25) is 0 Å². The fraction of sp³-hybridized carbons (Fsp3) is 0.522. The SMILES string of the molecule is CC(C)Oc1ccc(C(=O)N2CCC3(CC2)N[C@H](C)Cn2c(C(F)(F)F)ccc23)cc1F. The lowest BCUT2D eigenvalue weighted by Gasteiger charge is -2.47. The molecule has 0 aliphatic carbocycles. The molecule has 174 valence electrons. The van der Waals surface area contributed by atoms with E-state index in [2.05, 4.69) is 5.32 Å². The first-order valence-corrected chi connectivity index (χ1v) is 10.8. The summed E-state index contributed by atoms with van der Waals surface area (Å²) in [6, 6.07) is 6.70. The van der Waals surface area contributed by atoms with Crippen LogP contribution >= 0.6 is 0 Å². The Morgan fingerprint density at radius 1 is 1.19 bits per heavy atom. The van der Waals surface area contributed by atoms with Crippen molar-refractivity contribution in [2.75, 3.05) is 13.1 Å². The number of piperidine rings is 1. The van der Waals surface area contributed by atoms with E-state index in [-0.39, 0.29) is 35.9 Å². The van der Waals surface area contributed by atoms with Crippen LogP contribution in [0.4, 0.5) is 17.6 Å². The topological polar surface area (TPSA) is 46.5 Å². The zero-order chi connectivity index (χ0) is 23.3. The molecule has 0 bridgehead atoms. The molecule has 1 N–H and O–H groups in total. The molecule has 1 atom stereocenters. The number of carbonyl (C=O) groups is 1. The van der Waals surface area contributed by atoms with Gasteiger partial charge in [0, 0.05) is 36.9 Å². The second kappa shape index (κ2) is 8.10. The highest BCUT2D eigenvalue weighted by Crippen LogP contribution is 2.41. The second-order valence-corrected chi connectivity index (χ2v) is 8.94. The molecule has 32 heavy (non-hydrogen) atoms. The zero-order valence-electron chi connectivity index (χ0n) is 18.3. The van der Waals surface area contributed by atoms with Crippen molar-refractivity contribution in [2.24, 2.45) is 0 Å². The average molecular weight is 453 g/mol. The van der Waals surface area contributed by atoms with E-state index in [1.54, 1.807) is 24.8 Å². The number of alkyl halides is 3. The van der Waals surface area contributed by atoms with Crippen molar-refractivity contribution >= 4 is 5.91 Å². The maximum Gasteiger partial charge on any atom is 0.431 e. The lowest BCUT2D eigenvalue weighted by Crippen LogP contribution is -2.59. The molecule has 0 unspecified atom stereocenters. The summed E-state index contributed by atoms with van der Waals surface area (Å²) >= 11 is 0. The summed E-state index contributed by atoms with van der Waals surface area (Å²) in [6.45, 7) is 6.40. The molecule has 9 heteroatoms. The predicted molar refractivity (Wildman–Crippen MR) is 111 cm³/mol. The summed E-state index contributed by atoms with van der Waals surface area (Å²) in [5.41, 5.74) is -0.436. The van der Waals surface area contributed by atoms with Crippen molar-refractivity contribution in [3.8, 4) is 5.75 Å². The molecule has 1 amide bonds. The number of likely N-dealkylation sites (tertiary alicyclic amines) is 1. The Balaban J connectivity index is 1.52. The third-order valence-electron chi connectivity index (χ3n) is 6.19. The minimum absolute atomic E-state index is 0.0933. The summed E-state index contributed by atoms with van der Waals surface area (Å²) in [7, 11) is 0. The van der Waals surface area contributed by atoms with Crippen molar-refractivity contribution in [2.45, 2.75) is 64.0 Å². The number of nitrogens with zero attached hydrogens (tertiary/aromatic N) is 2. The van der Waals surface area contributed by atoms with Gasteiger partial charge in [-0.25, -0.2) is 4.39 Å². The number of amides is 1. The number of halogens is 4. The molecule has 3 heterocycles. The minimum atomic E-state index is -4.41. The summed E-state index contributed by atoms with van der Waals surface area (Å²) in [4.78, 5) is 14.6. The van der Waals surface area contributed by atoms with Crippen LogP contribution in [-0.2, 0) is 18.3 Å². The number of aromatic nitrogens is 1. The molecular weight excluding hydrogens is 426 g/mol. The monoisotopic (exact) mass is 453 g/mol. The van der Waals surface area contributed by atoms with Crippen LogP contribution in [0, 0.1) is 5.82 Å². The van der Waals surface area contributed by atoms with Crippen LogP contribution in [0.5, 0.6) is 5.75 Å². The summed E-state index contributed by atoms with van der Waals surface area (Å²) in [5, 5.41) is 3.48. The maximum atomic E-state index is 14.3. The van der Waals surface area contributed by atoms with Crippen molar-refractivity contribution in [1.82, 2.24) is 14.8 Å². The quantitative estimate of drug-likeness (QED) is 0.694. The summed E-state index contributed by atoms with van der Waals surface area (Å²) in [5.74, 6) is -0.806. The van der Waals surface area contributed by atoms with Gasteiger partial charge in [-0.05, 0) is 63.9 Å². The molecule has 2 aliphatic heterocycles. The van der Waals surface area contributed by atoms with Crippen molar-refractivity contribution in [3.05, 3.63) is 53.1 Å². The molecule has 2 aromatic rings. The van der Waals surface area contributed by atoms with Crippen LogP contribution < -0.4 is 10.1 Å². The molecule has 1 spiro atoms. The molecule has 5 nitrogen and oxygen atoms in total. The number of benzene rings is 1. The van der Waals surface area contributed by atoms with E-state index in [0.29, 0.717) is 31.6 Å².